The quantitative estimate of drug-likeness (QED) is 0.629. The highest BCUT2D eigenvalue weighted by Gasteiger charge is 2.07. The number of ether oxygens (including phenoxy) is 1. The van der Waals surface area contributed by atoms with Gasteiger partial charge in [-0.1, -0.05) is 17.7 Å². The molecule has 0 saturated carbocycles. The second-order valence-electron chi connectivity index (χ2n) is 5.43. The maximum atomic E-state index is 12.4. The Balaban J connectivity index is 1.73. The summed E-state index contributed by atoms with van der Waals surface area (Å²) >= 11 is 0. The van der Waals surface area contributed by atoms with Crippen molar-refractivity contribution >= 4 is 10.9 Å². The molecule has 0 spiro atoms. The molecule has 4 rings (SSSR count). The first-order valence-corrected chi connectivity index (χ1v) is 7.48. The van der Waals surface area contributed by atoms with Gasteiger partial charge in [-0.25, -0.2) is 9.67 Å². The molecular weight excluding hydrogens is 304 g/mol. The molecule has 4 aromatic rings. The van der Waals surface area contributed by atoms with Gasteiger partial charge >= 0.3 is 0 Å². The molecule has 0 radical (unpaired) electrons. The summed E-state index contributed by atoms with van der Waals surface area (Å²) in [5.41, 5.74) is 1.51. The van der Waals surface area contributed by atoms with Crippen molar-refractivity contribution in [2.75, 3.05) is 0 Å². The molecule has 2 aromatic heterocycles. The van der Waals surface area contributed by atoms with Crippen LogP contribution in [0.15, 0.2) is 65.7 Å². The molecule has 0 atom stereocenters. The largest absolute Gasteiger partial charge is 0.457 e. The summed E-state index contributed by atoms with van der Waals surface area (Å²) in [5, 5.41) is 4.54. The minimum absolute atomic E-state index is 0.236. The number of benzene rings is 2. The van der Waals surface area contributed by atoms with Crippen LogP contribution in [-0.2, 0) is 0 Å². The Morgan fingerprint density at radius 2 is 1.88 bits per heavy atom. The van der Waals surface area contributed by atoms with E-state index < -0.39 is 0 Å². The molecule has 2 aromatic carbocycles. The zero-order valence-corrected chi connectivity index (χ0v) is 12.9. The summed E-state index contributed by atoms with van der Waals surface area (Å²) in [6, 6.07) is 14.7. The number of hydrogen-bond acceptors (Lipinski definition) is 4. The summed E-state index contributed by atoms with van der Waals surface area (Å²) in [6.45, 7) is 2.02. The third-order valence-electron chi connectivity index (χ3n) is 3.64. The third kappa shape index (κ3) is 2.65. The first-order chi connectivity index (χ1) is 11.7. The van der Waals surface area contributed by atoms with Gasteiger partial charge in [-0.05, 0) is 43.3 Å². The van der Waals surface area contributed by atoms with E-state index >= 15 is 0 Å². The summed E-state index contributed by atoms with van der Waals surface area (Å²) in [6.07, 6.45) is 3.35. The molecule has 118 valence electrons. The van der Waals surface area contributed by atoms with Gasteiger partial charge in [0.25, 0.3) is 5.56 Å². The van der Waals surface area contributed by atoms with Crippen molar-refractivity contribution < 1.29 is 4.74 Å². The zero-order valence-electron chi connectivity index (χ0n) is 12.9. The Morgan fingerprint density at radius 3 is 2.62 bits per heavy atom. The number of aromatic amines is 1. The molecule has 6 nitrogen and oxygen atoms in total. The van der Waals surface area contributed by atoms with Gasteiger partial charge in [0.2, 0.25) is 5.95 Å². The zero-order chi connectivity index (χ0) is 16.5. The smallest absolute Gasteiger partial charge is 0.260 e. The van der Waals surface area contributed by atoms with Crippen LogP contribution in [0.25, 0.3) is 16.9 Å². The van der Waals surface area contributed by atoms with Gasteiger partial charge in [0.15, 0.2) is 0 Å². The van der Waals surface area contributed by atoms with Crippen molar-refractivity contribution in [3.05, 3.63) is 76.8 Å². The van der Waals surface area contributed by atoms with Crippen molar-refractivity contribution in [1.29, 1.82) is 0 Å². The van der Waals surface area contributed by atoms with Crippen LogP contribution in [0.3, 0.4) is 0 Å². The summed E-state index contributed by atoms with van der Waals surface area (Å²) in [4.78, 5) is 19.5. The molecule has 0 unspecified atom stereocenters. The lowest BCUT2D eigenvalue weighted by atomic mass is 10.2. The number of aromatic nitrogens is 4. The predicted molar refractivity (Wildman–Crippen MR) is 90.7 cm³/mol. The number of nitrogens with one attached hydrogen (secondary N) is 1. The van der Waals surface area contributed by atoms with E-state index in [-0.39, 0.29) is 5.56 Å². The van der Waals surface area contributed by atoms with Gasteiger partial charge in [0.1, 0.15) is 11.5 Å². The SMILES string of the molecule is Cc1ccc(Oc2ccc3nc(-n4cccn4)[nH]c(=O)c3c2)cc1. The maximum Gasteiger partial charge on any atom is 0.260 e. The second-order valence-corrected chi connectivity index (χ2v) is 5.43. The van der Waals surface area contributed by atoms with Crippen LogP contribution in [0.1, 0.15) is 5.56 Å². The van der Waals surface area contributed by atoms with E-state index in [1.165, 1.54) is 4.68 Å². The fourth-order valence-corrected chi connectivity index (χ4v) is 2.41. The van der Waals surface area contributed by atoms with E-state index in [0.29, 0.717) is 22.6 Å². The van der Waals surface area contributed by atoms with E-state index in [9.17, 15) is 4.79 Å². The van der Waals surface area contributed by atoms with Crippen LogP contribution in [0.2, 0.25) is 0 Å². The van der Waals surface area contributed by atoms with Gasteiger partial charge in [0.05, 0.1) is 10.9 Å². The average molecular weight is 318 g/mol. The van der Waals surface area contributed by atoms with Crippen molar-refractivity contribution in [2.24, 2.45) is 0 Å². The Kier molecular flexibility index (Phi) is 3.35. The van der Waals surface area contributed by atoms with E-state index in [2.05, 4.69) is 15.1 Å². The second kappa shape index (κ2) is 5.66. The van der Waals surface area contributed by atoms with Crippen molar-refractivity contribution in [3.63, 3.8) is 0 Å². The fourth-order valence-electron chi connectivity index (χ4n) is 2.41. The van der Waals surface area contributed by atoms with Crippen LogP contribution < -0.4 is 10.3 Å². The van der Waals surface area contributed by atoms with Crippen LogP contribution in [0, 0.1) is 6.92 Å². The van der Waals surface area contributed by atoms with Gasteiger partial charge in [-0.15, -0.1) is 0 Å². The normalized spacial score (nSPS) is 10.9. The molecular formula is C18H14N4O2. The van der Waals surface area contributed by atoms with Crippen molar-refractivity contribution in [3.8, 4) is 17.4 Å². The maximum absolute atomic E-state index is 12.4. The lowest BCUT2D eigenvalue weighted by Gasteiger charge is -2.07. The average Bonchev–Trinajstić information content (AvgIpc) is 3.12. The van der Waals surface area contributed by atoms with Gasteiger partial charge in [0, 0.05) is 12.4 Å². The first kappa shape index (κ1) is 14.2. The van der Waals surface area contributed by atoms with Crippen LogP contribution in [-0.4, -0.2) is 19.7 Å². The topological polar surface area (TPSA) is 72.8 Å². The van der Waals surface area contributed by atoms with E-state index in [1.54, 1.807) is 36.7 Å². The lowest BCUT2D eigenvalue weighted by Crippen LogP contribution is -2.13. The molecule has 0 aliphatic heterocycles. The summed E-state index contributed by atoms with van der Waals surface area (Å²) in [7, 11) is 0. The molecule has 0 amide bonds. The molecule has 0 aliphatic carbocycles. The Morgan fingerprint density at radius 1 is 1.08 bits per heavy atom. The van der Waals surface area contributed by atoms with Crippen molar-refractivity contribution in [1.82, 2.24) is 19.7 Å². The third-order valence-corrected chi connectivity index (χ3v) is 3.64. The molecule has 24 heavy (non-hydrogen) atoms. The van der Waals surface area contributed by atoms with Crippen molar-refractivity contribution in [2.45, 2.75) is 6.92 Å². The minimum atomic E-state index is -0.236. The minimum Gasteiger partial charge on any atom is -0.457 e. The van der Waals surface area contributed by atoms with Crippen LogP contribution >= 0.6 is 0 Å². The standard InChI is InChI=1S/C18H14N4O2/c1-12-3-5-13(6-4-12)24-14-7-8-16-15(11-14)17(23)21-18(20-16)22-10-2-9-19-22/h2-11H,1H3,(H,20,21,23). The lowest BCUT2D eigenvalue weighted by molar-refractivity contribution is 0.483. The number of aryl methyl sites for hydroxylation is 1. The van der Waals surface area contributed by atoms with Gasteiger partial charge in [-0.2, -0.15) is 5.10 Å². The number of fused-ring (bicyclic) bond motifs is 1. The number of H-pyrrole nitrogens is 1. The molecule has 1 N–H and O–H groups in total. The Bertz CT molecular complexity index is 1050. The monoisotopic (exact) mass is 318 g/mol. The molecule has 0 fully saturated rings. The van der Waals surface area contributed by atoms with Gasteiger partial charge < -0.3 is 4.74 Å². The summed E-state index contributed by atoms with van der Waals surface area (Å²) < 4.78 is 7.31. The fraction of sp³-hybridized carbons (Fsp3) is 0.0556. The predicted octanol–water partition coefficient (Wildman–Crippen LogP) is 3.21. The van der Waals surface area contributed by atoms with Gasteiger partial charge in [-0.3, -0.25) is 9.78 Å². The highest BCUT2D eigenvalue weighted by Crippen LogP contribution is 2.24. The van der Waals surface area contributed by atoms with Crippen LogP contribution in [0.5, 0.6) is 11.5 Å². The molecule has 0 saturated heterocycles. The van der Waals surface area contributed by atoms with E-state index in [0.717, 1.165) is 11.3 Å². The number of rotatable bonds is 3. The summed E-state index contributed by atoms with van der Waals surface area (Å²) in [5.74, 6) is 1.69. The number of hydrogen-bond donors (Lipinski definition) is 1. The van der Waals surface area contributed by atoms with E-state index in [1.807, 2.05) is 31.2 Å². The van der Waals surface area contributed by atoms with E-state index in [4.69, 9.17) is 4.74 Å². The highest BCUT2D eigenvalue weighted by atomic mass is 16.5. The Hall–Kier alpha value is -3.41. The van der Waals surface area contributed by atoms with Crippen LogP contribution in [0.4, 0.5) is 0 Å². The Labute approximate surface area is 137 Å². The first-order valence-electron chi connectivity index (χ1n) is 7.48. The molecule has 0 aliphatic rings. The molecule has 2 heterocycles. The molecule has 6 heteroatoms. The molecule has 0 bridgehead atoms. The highest BCUT2D eigenvalue weighted by molar-refractivity contribution is 5.79. The number of nitrogens with zero attached hydrogens (tertiary/aromatic N) is 3.